The summed E-state index contributed by atoms with van der Waals surface area (Å²) in [5.41, 5.74) is 5.14. The van der Waals surface area contributed by atoms with Crippen molar-refractivity contribution in [3.63, 3.8) is 0 Å². The molecule has 0 saturated heterocycles. The number of rotatable bonds is 13. The van der Waals surface area contributed by atoms with E-state index in [4.69, 9.17) is 4.98 Å². The third-order valence-corrected chi connectivity index (χ3v) is 7.10. The Bertz CT molecular complexity index is 741. The predicted molar refractivity (Wildman–Crippen MR) is 131 cm³/mol. The number of nitrogens with zero attached hydrogens (tertiary/aromatic N) is 1. The van der Waals surface area contributed by atoms with E-state index in [1.165, 1.54) is 87.3 Å². The van der Waals surface area contributed by atoms with Crippen molar-refractivity contribution in [2.75, 3.05) is 0 Å². The maximum absolute atomic E-state index is 10.5. The highest BCUT2D eigenvalue weighted by molar-refractivity contribution is 5.59. The molecule has 1 heterocycles. The lowest BCUT2D eigenvalue weighted by Gasteiger charge is -2.28. The lowest BCUT2D eigenvalue weighted by molar-refractivity contribution is -0.108. The second-order valence-electron chi connectivity index (χ2n) is 9.51. The summed E-state index contributed by atoms with van der Waals surface area (Å²) in [6, 6.07) is 13.6. The monoisotopic (exact) mass is 419 g/mol. The standard InChI is InChI=1S/C29H41NO/c1-2-3-4-5-6-7-11-25-14-21-29(30-23-25)28-19-17-27(18-20-28)26-15-12-24(13-16-26)10-8-9-22-31/h14,17-24,26H,2-13,15-16H2,1H3. The highest BCUT2D eigenvalue weighted by atomic mass is 16.1. The molecule has 0 radical (unpaired) electrons. The smallest absolute Gasteiger partial charge is 0.119 e. The number of hydrogen-bond acceptors (Lipinski definition) is 2. The van der Waals surface area contributed by atoms with E-state index < -0.39 is 0 Å². The highest BCUT2D eigenvalue weighted by Crippen LogP contribution is 2.38. The first kappa shape index (κ1) is 23.7. The van der Waals surface area contributed by atoms with Crippen molar-refractivity contribution in [3.8, 4) is 11.3 Å². The van der Waals surface area contributed by atoms with Crippen molar-refractivity contribution in [1.29, 1.82) is 0 Å². The maximum atomic E-state index is 10.5. The molecule has 31 heavy (non-hydrogen) atoms. The molecule has 1 aromatic heterocycles. The van der Waals surface area contributed by atoms with E-state index in [2.05, 4.69) is 49.5 Å². The number of carbonyl (C=O) groups excluding carboxylic acids is 1. The fraction of sp³-hybridized carbons (Fsp3) is 0.586. The zero-order valence-corrected chi connectivity index (χ0v) is 19.5. The van der Waals surface area contributed by atoms with Gasteiger partial charge in [-0.1, -0.05) is 75.8 Å². The first-order chi connectivity index (χ1) is 15.3. The molecule has 1 aliphatic carbocycles. The maximum Gasteiger partial charge on any atom is 0.119 e. The van der Waals surface area contributed by atoms with Crippen molar-refractivity contribution >= 4 is 6.29 Å². The van der Waals surface area contributed by atoms with Gasteiger partial charge in [0.2, 0.25) is 0 Å². The average Bonchev–Trinajstić information content (AvgIpc) is 2.82. The van der Waals surface area contributed by atoms with Gasteiger partial charge in [-0.05, 0) is 74.0 Å². The Morgan fingerprint density at radius 1 is 0.871 bits per heavy atom. The van der Waals surface area contributed by atoms with Crippen LogP contribution in [-0.4, -0.2) is 11.3 Å². The molecule has 0 amide bonds. The van der Waals surface area contributed by atoms with Crippen LogP contribution in [0.2, 0.25) is 0 Å². The first-order valence-electron chi connectivity index (χ1n) is 12.8. The summed E-state index contributed by atoms with van der Waals surface area (Å²) < 4.78 is 0. The van der Waals surface area contributed by atoms with Gasteiger partial charge in [-0.3, -0.25) is 4.98 Å². The zero-order chi connectivity index (χ0) is 21.7. The SMILES string of the molecule is CCCCCCCCc1ccc(-c2ccc(C3CCC(CCCC=O)CC3)cc2)nc1. The lowest BCUT2D eigenvalue weighted by Crippen LogP contribution is -2.13. The minimum atomic E-state index is 0.698. The molecule has 2 heteroatoms. The molecule has 0 unspecified atom stereocenters. The van der Waals surface area contributed by atoms with Crippen LogP contribution < -0.4 is 0 Å². The van der Waals surface area contributed by atoms with E-state index in [9.17, 15) is 4.79 Å². The Hall–Kier alpha value is -1.96. The number of aryl methyl sites for hydroxylation is 1. The second kappa shape index (κ2) is 13.5. The Kier molecular flexibility index (Phi) is 10.3. The fourth-order valence-corrected chi connectivity index (χ4v) is 5.05. The molecule has 0 spiro atoms. The molecule has 1 saturated carbocycles. The van der Waals surface area contributed by atoms with E-state index in [-0.39, 0.29) is 0 Å². The molecule has 2 nitrogen and oxygen atoms in total. The minimum Gasteiger partial charge on any atom is -0.303 e. The fourth-order valence-electron chi connectivity index (χ4n) is 5.05. The summed E-state index contributed by atoms with van der Waals surface area (Å²) >= 11 is 0. The van der Waals surface area contributed by atoms with Gasteiger partial charge in [0.25, 0.3) is 0 Å². The van der Waals surface area contributed by atoms with Crippen molar-refractivity contribution in [1.82, 2.24) is 4.98 Å². The Balaban J connectivity index is 1.44. The van der Waals surface area contributed by atoms with Gasteiger partial charge >= 0.3 is 0 Å². The molecule has 1 fully saturated rings. The van der Waals surface area contributed by atoms with Crippen LogP contribution in [0.3, 0.4) is 0 Å². The average molecular weight is 420 g/mol. The summed E-state index contributed by atoms with van der Waals surface area (Å²) in [5, 5.41) is 0. The van der Waals surface area contributed by atoms with E-state index in [0.717, 1.165) is 37.2 Å². The second-order valence-corrected chi connectivity index (χ2v) is 9.51. The van der Waals surface area contributed by atoms with Crippen molar-refractivity contribution in [2.45, 2.75) is 103 Å². The molecular formula is C29H41NO. The van der Waals surface area contributed by atoms with Crippen LogP contribution in [0.15, 0.2) is 42.6 Å². The molecule has 3 rings (SSSR count). The number of aldehydes is 1. The molecule has 168 valence electrons. The van der Waals surface area contributed by atoms with Gasteiger partial charge in [-0.25, -0.2) is 0 Å². The van der Waals surface area contributed by atoms with Crippen molar-refractivity contribution < 1.29 is 4.79 Å². The molecule has 0 N–H and O–H groups in total. The van der Waals surface area contributed by atoms with Crippen LogP contribution in [0.1, 0.15) is 107 Å². The van der Waals surface area contributed by atoms with Gasteiger partial charge in [0.15, 0.2) is 0 Å². The van der Waals surface area contributed by atoms with Gasteiger partial charge in [0.05, 0.1) is 5.69 Å². The number of aromatic nitrogens is 1. The molecule has 0 bridgehead atoms. The van der Waals surface area contributed by atoms with Gasteiger partial charge in [-0.2, -0.15) is 0 Å². The number of benzene rings is 1. The molecular weight excluding hydrogens is 378 g/mol. The summed E-state index contributed by atoms with van der Waals surface area (Å²) in [6.07, 6.45) is 20.6. The summed E-state index contributed by atoms with van der Waals surface area (Å²) in [5.74, 6) is 1.53. The third kappa shape index (κ3) is 7.91. The topological polar surface area (TPSA) is 30.0 Å². The van der Waals surface area contributed by atoms with Gasteiger partial charge < -0.3 is 4.79 Å². The van der Waals surface area contributed by atoms with Gasteiger partial charge in [0.1, 0.15) is 6.29 Å². The largest absolute Gasteiger partial charge is 0.303 e. The molecule has 1 aliphatic rings. The van der Waals surface area contributed by atoms with E-state index in [1.807, 2.05) is 0 Å². The van der Waals surface area contributed by atoms with E-state index in [0.29, 0.717) is 5.92 Å². The van der Waals surface area contributed by atoms with Crippen LogP contribution in [0.4, 0.5) is 0 Å². The first-order valence-corrected chi connectivity index (χ1v) is 12.8. The molecule has 0 atom stereocenters. The van der Waals surface area contributed by atoms with Crippen LogP contribution in [0.5, 0.6) is 0 Å². The van der Waals surface area contributed by atoms with Gasteiger partial charge in [-0.15, -0.1) is 0 Å². The summed E-state index contributed by atoms with van der Waals surface area (Å²) in [7, 11) is 0. The number of unbranched alkanes of at least 4 members (excludes halogenated alkanes) is 6. The Morgan fingerprint density at radius 2 is 1.61 bits per heavy atom. The predicted octanol–water partition coefficient (Wildman–Crippen LogP) is 8.29. The number of pyridine rings is 1. The molecule has 0 aliphatic heterocycles. The van der Waals surface area contributed by atoms with Crippen LogP contribution in [-0.2, 0) is 11.2 Å². The normalized spacial score (nSPS) is 18.7. The van der Waals surface area contributed by atoms with Crippen LogP contribution >= 0.6 is 0 Å². The van der Waals surface area contributed by atoms with E-state index >= 15 is 0 Å². The quantitative estimate of drug-likeness (QED) is 0.241. The summed E-state index contributed by atoms with van der Waals surface area (Å²) in [4.78, 5) is 15.2. The Morgan fingerprint density at radius 3 is 2.29 bits per heavy atom. The Labute approximate surface area is 189 Å². The van der Waals surface area contributed by atoms with Crippen molar-refractivity contribution in [2.24, 2.45) is 5.92 Å². The minimum absolute atomic E-state index is 0.698. The summed E-state index contributed by atoms with van der Waals surface area (Å²) in [6.45, 7) is 2.27. The molecule has 2 aromatic rings. The van der Waals surface area contributed by atoms with Gasteiger partial charge in [0, 0.05) is 18.2 Å². The van der Waals surface area contributed by atoms with Crippen molar-refractivity contribution in [3.05, 3.63) is 53.7 Å². The number of carbonyl (C=O) groups is 1. The molecule has 1 aromatic carbocycles. The lowest BCUT2D eigenvalue weighted by atomic mass is 9.77. The van der Waals surface area contributed by atoms with Crippen LogP contribution in [0, 0.1) is 5.92 Å². The van der Waals surface area contributed by atoms with E-state index in [1.54, 1.807) is 0 Å². The third-order valence-electron chi connectivity index (χ3n) is 7.10. The number of hydrogen-bond donors (Lipinski definition) is 0. The zero-order valence-electron chi connectivity index (χ0n) is 19.5. The van der Waals surface area contributed by atoms with Crippen LogP contribution in [0.25, 0.3) is 11.3 Å². The highest BCUT2D eigenvalue weighted by Gasteiger charge is 2.22.